The van der Waals surface area contributed by atoms with E-state index in [1.165, 1.54) is 58.5 Å². The number of nitrogens with one attached hydrogen (secondary N) is 2. The monoisotopic (exact) mass is 457 g/mol. The standard InChI is InChI=1S/C22H37N3O2.HO3P.H2/c1-19(26)20-11-13-21(14-12-20)22(27)25-18-10-6-5-9-17-24-16-8-4-3-7-15-23-2;1-4(2)3;/h11-14,23-24H,3-10,15-18H2,1-2H3,(H,25,27);(H,1,2,3);1H. The first-order valence-electron chi connectivity index (χ1n) is 11.1. The van der Waals surface area contributed by atoms with E-state index in [1.807, 2.05) is 7.05 Å². The Morgan fingerprint density at radius 2 is 1.32 bits per heavy atom. The number of carbonyl (C=O) groups excluding carboxylic acids is 2. The molecule has 0 aromatic heterocycles. The van der Waals surface area contributed by atoms with E-state index in [1.54, 1.807) is 24.3 Å². The van der Waals surface area contributed by atoms with Crippen LogP contribution in [0.5, 0.6) is 0 Å². The Morgan fingerprint density at radius 3 is 1.81 bits per heavy atom. The molecule has 0 fully saturated rings. The summed E-state index contributed by atoms with van der Waals surface area (Å²) in [4.78, 5) is 40.2. The Hall–Kier alpha value is -1.70. The summed E-state index contributed by atoms with van der Waals surface area (Å²) in [5.41, 5.74) is 1.25. The van der Waals surface area contributed by atoms with Gasteiger partial charge in [0.25, 0.3) is 14.2 Å². The molecule has 0 spiro atoms. The fourth-order valence-corrected chi connectivity index (χ4v) is 3.02. The minimum Gasteiger partial charge on any atom is -0.598 e. The number of hydrogen-bond donors (Lipinski definition) is 3. The summed E-state index contributed by atoms with van der Waals surface area (Å²) < 4.78 is 8.48. The van der Waals surface area contributed by atoms with Crippen LogP contribution in [0.3, 0.4) is 0 Å². The van der Waals surface area contributed by atoms with Gasteiger partial charge in [-0.15, -0.1) is 0 Å². The Bertz CT molecular complexity index is 628. The average Bonchev–Trinajstić information content (AvgIpc) is 2.73. The summed E-state index contributed by atoms with van der Waals surface area (Å²) >= 11 is 0. The van der Waals surface area contributed by atoms with Crippen molar-refractivity contribution in [3.63, 3.8) is 0 Å². The molecule has 0 aliphatic rings. The minimum atomic E-state index is -3.37. The smallest absolute Gasteiger partial charge is 0.276 e. The van der Waals surface area contributed by atoms with Gasteiger partial charge in [-0.2, -0.15) is 0 Å². The molecule has 0 atom stereocenters. The van der Waals surface area contributed by atoms with E-state index >= 15 is 0 Å². The highest BCUT2D eigenvalue weighted by Gasteiger charge is 2.06. The third-order valence-electron chi connectivity index (χ3n) is 4.76. The average molecular weight is 458 g/mol. The van der Waals surface area contributed by atoms with E-state index in [-0.39, 0.29) is 13.1 Å². The molecule has 178 valence electrons. The number of amides is 1. The molecule has 0 saturated heterocycles. The fraction of sp³-hybridized carbons (Fsp3) is 0.636. The van der Waals surface area contributed by atoms with E-state index in [9.17, 15) is 9.59 Å². The predicted molar refractivity (Wildman–Crippen MR) is 121 cm³/mol. The first kappa shape index (κ1) is 29.3. The summed E-state index contributed by atoms with van der Waals surface area (Å²) in [7, 11) is -1.36. The van der Waals surface area contributed by atoms with Gasteiger partial charge in [0.05, 0.1) is 13.1 Å². The van der Waals surface area contributed by atoms with Crippen LogP contribution in [0.4, 0.5) is 0 Å². The molecular weight excluding hydrogens is 417 g/mol. The van der Waals surface area contributed by atoms with Crippen molar-refractivity contribution in [2.24, 2.45) is 0 Å². The summed E-state index contributed by atoms with van der Waals surface area (Å²) in [6.07, 6.45) is 9.93. The van der Waals surface area contributed by atoms with Crippen LogP contribution in [-0.2, 0) is 4.57 Å². The highest BCUT2D eigenvalue weighted by molar-refractivity contribution is 7.27. The van der Waals surface area contributed by atoms with Crippen molar-refractivity contribution >= 4 is 19.9 Å². The molecule has 8 nitrogen and oxygen atoms in total. The first-order chi connectivity index (χ1) is 14.9. The quantitative estimate of drug-likeness (QED) is 0.193. The molecule has 1 amide bonds. The lowest BCUT2D eigenvalue weighted by molar-refractivity contribution is -0.655. The predicted octanol–water partition coefficient (Wildman–Crippen LogP) is 1.13. The zero-order valence-corrected chi connectivity index (χ0v) is 19.8. The number of carbonyl (C=O) groups is 2. The van der Waals surface area contributed by atoms with Crippen molar-refractivity contribution in [2.45, 2.75) is 58.3 Å². The normalized spacial score (nSPS) is 10.2. The summed E-state index contributed by atoms with van der Waals surface area (Å²) in [6, 6.07) is 6.83. The number of Topliss-reactive ketones (excluding diaryl/α,β-unsaturated/α-hetero) is 1. The maximum Gasteiger partial charge on any atom is 0.276 e. The topological polar surface area (TPSA) is 138 Å². The number of benzene rings is 1. The van der Waals surface area contributed by atoms with Crippen molar-refractivity contribution in [1.29, 1.82) is 0 Å². The SMILES string of the molecule is CNCCCCCC[NH2+]CCCCCCNC(=O)c1ccc(C(C)=O)cc1.O=[P+]([O-])[O-].[HH]. The van der Waals surface area contributed by atoms with Gasteiger partial charge in [-0.1, -0.05) is 29.5 Å². The van der Waals surface area contributed by atoms with E-state index in [0.29, 0.717) is 17.7 Å². The van der Waals surface area contributed by atoms with E-state index < -0.39 is 8.25 Å². The van der Waals surface area contributed by atoms with Gasteiger partial charge in [0.15, 0.2) is 5.78 Å². The number of hydrogen-bond acceptors (Lipinski definition) is 6. The van der Waals surface area contributed by atoms with Gasteiger partial charge in [-0.05, 0) is 71.2 Å². The lowest BCUT2D eigenvalue weighted by Crippen LogP contribution is -2.84. The summed E-state index contributed by atoms with van der Waals surface area (Å²) in [5, 5.41) is 8.57. The van der Waals surface area contributed by atoms with Crippen LogP contribution in [0, 0.1) is 0 Å². The van der Waals surface area contributed by atoms with Crippen molar-refractivity contribution < 1.29 is 30.7 Å². The molecule has 0 aliphatic carbocycles. The number of nitrogens with two attached hydrogens (primary N) is 1. The molecule has 4 N–H and O–H groups in total. The maximum atomic E-state index is 12.0. The second-order valence-corrected chi connectivity index (χ2v) is 7.86. The van der Waals surface area contributed by atoms with E-state index in [4.69, 9.17) is 14.4 Å². The van der Waals surface area contributed by atoms with Crippen LogP contribution in [0.25, 0.3) is 0 Å². The molecule has 31 heavy (non-hydrogen) atoms. The number of rotatable bonds is 16. The van der Waals surface area contributed by atoms with Crippen molar-refractivity contribution in [3.8, 4) is 0 Å². The second kappa shape index (κ2) is 20.2. The molecule has 0 saturated carbocycles. The van der Waals surface area contributed by atoms with Gasteiger partial charge >= 0.3 is 0 Å². The van der Waals surface area contributed by atoms with Crippen LogP contribution in [0.2, 0.25) is 0 Å². The number of unbranched alkanes of at least 4 members (excludes halogenated alkanes) is 6. The van der Waals surface area contributed by atoms with Crippen molar-refractivity contribution in [1.82, 2.24) is 10.6 Å². The third kappa shape index (κ3) is 18.8. The Kier molecular flexibility index (Phi) is 19.1. The molecule has 9 heteroatoms. The highest BCUT2D eigenvalue weighted by atomic mass is 31.1. The molecule has 0 heterocycles. The van der Waals surface area contributed by atoms with Crippen LogP contribution < -0.4 is 25.7 Å². The van der Waals surface area contributed by atoms with Crippen LogP contribution in [0.1, 0.15) is 80.4 Å². The van der Waals surface area contributed by atoms with Gasteiger partial charge in [-0.25, -0.2) is 0 Å². The summed E-state index contributed by atoms with van der Waals surface area (Å²) in [6.45, 7) is 5.84. The highest BCUT2D eigenvalue weighted by Crippen LogP contribution is 2.05. The lowest BCUT2D eigenvalue weighted by atomic mass is 10.1. The van der Waals surface area contributed by atoms with E-state index in [0.717, 1.165) is 19.4 Å². The lowest BCUT2D eigenvalue weighted by Gasteiger charge is -2.06. The molecule has 1 aromatic rings. The number of ketones is 1. The van der Waals surface area contributed by atoms with Gasteiger partial charge < -0.3 is 25.7 Å². The molecule has 1 rings (SSSR count). The van der Waals surface area contributed by atoms with Gasteiger partial charge in [-0.3, -0.25) is 9.59 Å². The fourth-order valence-electron chi connectivity index (χ4n) is 3.02. The van der Waals surface area contributed by atoms with Gasteiger partial charge in [0.2, 0.25) is 0 Å². The van der Waals surface area contributed by atoms with Gasteiger partial charge in [0, 0.05) is 19.1 Å². The molecule has 1 aromatic carbocycles. The van der Waals surface area contributed by atoms with Crippen LogP contribution in [0.15, 0.2) is 24.3 Å². The van der Waals surface area contributed by atoms with Crippen molar-refractivity contribution in [3.05, 3.63) is 35.4 Å². The molecule has 0 radical (unpaired) electrons. The second-order valence-electron chi connectivity index (χ2n) is 7.41. The zero-order valence-electron chi connectivity index (χ0n) is 18.9. The van der Waals surface area contributed by atoms with Gasteiger partial charge in [0.1, 0.15) is 0 Å². The van der Waals surface area contributed by atoms with Crippen molar-refractivity contribution in [2.75, 3.05) is 33.2 Å². The van der Waals surface area contributed by atoms with Crippen LogP contribution >= 0.6 is 8.25 Å². The summed E-state index contributed by atoms with van der Waals surface area (Å²) in [5.74, 6) is -0.0446. The Labute approximate surface area is 188 Å². The Morgan fingerprint density at radius 1 is 0.871 bits per heavy atom. The molecular formula is C22H40N3O5P. The number of quaternary nitrogens is 1. The van der Waals surface area contributed by atoms with E-state index in [2.05, 4.69) is 16.0 Å². The molecule has 0 unspecified atom stereocenters. The first-order valence-corrected chi connectivity index (χ1v) is 12.1. The third-order valence-corrected chi connectivity index (χ3v) is 4.76. The minimum absolute atomic E-state index is 0. The maximum absolute atomic E-state index is 12.0. The Balaban J connectivity index is 0. The molecule has 0 aliphatic heterocycles. The van der Waals surface area contributed by atoms with Crippen LogP contribution in [-0.4, -0.2) is 44.9 Å². The molecule has 0 bridgehead atoms. The largest absolute Gasteiger partial charge is 0.598 e. The zero-order chi connectivity index (χ0) is 23.3.